The van der Waals surface area contributed by atoms with E-state index >= 15 is 0 Å². The minimum Gasteiger partial charge on any atom is -0.426 e. The van der Waals surface area contributed by atoms with E-state index in [4.69, 9.17) is 4.74 Å². The number of hydrogen-bond donors (Lipinski definition) is 1. The number of ether oxygens (including phenoxy) is 1. The zero-order chi connectivity index (χ0) is 15.8. The highest BCUT2D eigenvalue weighted by atomic mass is 16.5. The molecule has 1 atom stereocenters. The predicted molar refractivity (Wildman–Crippen MR) is 90.7 cm³/mol. The Morgan fingerprint density at radius 1 is 1.35 bits per heavy atom. The monoisotopic (exact) mass is 312 g/mol. The largest absolute Gasteiger partial charge is 0.426 e. The van der Waals surface area contributed by atoms with Crippen LogP contribution < -0.4 is 4.74 Å². The fraction of sp³-hybridized carbons (Fsp3) is 0.526. The van der Waals surface area contributed by atoms with Crippen LogP contribution >= 0.6 is 0 Å². The number of nitrogens with one attached hydrogen (secondary N) is 1. The van der Waals surface area contributed by atoms with Crippen LogP contribution in [0.5, 0.6) is 5.75 Å². The molecule has 1 N–H and O–H groups in total. The number of hydrogen-bond acceptors (Lipinski definition) is 3. The van der Waals surface area contributed by atoms with Gasteiger partial charge in [-0.2, -0.15) is 0 Å². The number of rotatable bonds is 4. The summed E-state index contributed by atoms with van der Waals surface area (Å²) in [7, 11) is 0. The number of benzene rings is 1. The third-order valence-corrected chi connectivity index (χ3v) is 5.43. The summed E-state index contributed by atoms with van der Waals surface area (Å²) in [6, 6.07) is 5.98. The van der Waals surface area contributed by atoms with E-state index in [1.165, 1.54) is 43.4 Å². The summed E-state index contributed by atoms with van der Waals surface area (Å²) >= 11 is 0. The smallest absolute Gasteiger partial charge is 0.311 e. The van der Waals surface area contributed by atoms with Crippen molar-refractivity contribution in [2.24, 2.45) is 5.92 Å². The van der Waals surface area contributed by atoms with Gasteiger partial charge in [-0.05, 0) is 56.0 Å². The summed E-state index contributed by atoms with van der Waals surface area (Å²) in [4.78, 5) is 17.6. The maximum absolute atomic E-state index is 11.6. The molecule has 3 saturated heterocycles. The van der Waals surface area contributed by atoms with E-state index in [1.807, 2.05) is 19.1 Å². The zero-order valence-corrected chi connectivity index (χ0v) is 13.7. The maximum atomic E-state index is 11.6. The number of aromatic nitrogens is 1. The average molecular weight is 312 g/mol. The highest BCUT2D eigenvalue weighted by Gasteiger charge is 2.35. The molecule has 4 heteroatoms. The topological polar surface area (TPSA) is 45.3 Å². The van der Waals surface area contributed by atoms with Crippen molar-refractivity contribution in [2.45, 2.75) is 38.5 Å². The normalized spacial score (nSPS) is 26.6. The first-order chi connectivity index (χ1) is 11.2. The second-order valence-corrected chi connectivity index (χ2v) is 6.92. The van der Waals surface area contributed by atoms with Crippen molar-refractivity contribution in [2.75, 3.05) is 19.6 Å². The van der Waals surface area contributed by atoms with Crippen molar-refractivity contribution in [3.63, 3.8) is 0 Å². The lowest BCUT2D eigenvalue weighted by Crippen LogP contribution is -2.46. The zero-order valence-electron chi connectivity index (χ0n) is 13.7. The Kier molecular flexibility index (Phi) is 3.85. The lowest BCUT2D eigenvalue weighted by molar-refractivity contribution is -0.134. The standard InChI is InChI=1S/C19H24N2O2/c1-2-3-19(22)23-14-4-5-15-16(11-20-18(15)10-14)17-12-21-8-6-13(17)7-9-21/h4-5,10-11,13,17,20H,2-3,6-9,12H2,1H3. The SMILES string of the molecule is CCCC(=O)Oc1ccc2c(C3CN4CCC3CC4)c[nH]c2c1. The minimum absolute atomic E-state index is 0.156. The molecule has 1 unspecified atom stereocenters. The van der Waals surface area contributed by atoms with Gasteiger partial charge in [-0.1, -0.05) is 6.92 Å². The Labute approximate surface area is 136 Å². The van der Waals surface area contributed by atoms with Gasteiger partial charge >= 0.3 is 5.97 Å². The van der Waals surface area contributed by atoms with E-state index in [2.05, 4.69) is 22.1 Å². The number of fused-ring (bicyclic) bond motifs is 4. The van der Waals surface area contributed by atoms with Gasteiger partial charge in [0.2, 0.25) is 0 Å². The lowest BCUT2D eigenvalue weighted by Gasteiger charge is -2.44. The van der Waals surface area contributed by atoms with Crippen molar-refractivity contribution < 1.29 is 9.53 Å². The molecule has 3 fully saturated rings. The molecule has 4 nitrogen and oxygen atoms in total. The van der Waals surface area contributed by atoms with Crippen LogP contribution in [0.4, 0.5) is 0 Å². The Morgan fingerprint density at radius 3 is 2.87 bits per heavy atom. The molecule has 0 radical (unpaired) electrons. The average Bonchev–Trinajstić information content (AvgIpc) is 2.99. The van der Waals surface area contributed by atoms with Crippen molar-refractivity contribution in [3.8, 4) is 5.75 Å². The van der Waals surface area contributed by atoms with Crippen molar-refractivity contribution in [3.05, 3.63) is 30.0 Å². The summed E-state index contributed by atoms with van der Waals surface area (Å²) in [6.07, 6.45) is 6.09. The van der Waals surface area contributed by atoms with Crippen LogP contribution in [0.25, 0.3) is 10.9 Å². The number of piperidine rings is 3. The molecule has 2 aromatic rings. The molecule has 1 aromatic heterocycles. The number of esters is 1. The number of H-pyrrole nitrogens is 1. The van der Waals surface area contributed by atoms with Crippen molar-refractivity contribution >= 4 is 16.9 Å². The van der Waals surface area contributed by atoms with Gasteiger partial charge in [-0.25, -0.2) is 0 Å². The molecule has 0 saturated carbocycles. The first kappa shape index (κ1) is 14.8. The lowest BCUT2D eigenvalue weighted by atomic mass is 9.75. The van der Waals surface area contributed by atoms with E-state index in [-0.39, 0.29) is 5.97 Å². The molecule has 0 spiro atoms. The van der Waals surface area contributed by atoms with Crippen LogP contribution in [0, 0.1) is 5.92 Å². The number of aromatic amines is 1. The first-order valence-corrected chi connectivity index (χ1v) is 8.78. The van der Waals surface area contributed by atoms with E-state index < -0.39 is 0 Å². The first-order valence-electron chi connectivity index (χ1n) is 8.78. The molecule has 0 aliphatic carbocycles. The van der Waals surface area contributed by atoms with Gasteiger partial charge in [0.25, 0.3) is 0 Å². The molecule has 122 valence electrons. The maximum Gasteiger partial charge on any atom is 0.311 e. The summed E-state index contributed by atoms with van der Waals surface area (Å²) in [5, 5.41) is 1.28. The third kappa shape index (κ3) is 2.76. The van der Waals surface area contributed by atoms with Crippen LogP contribution in [-0.4, -0.2) is 35.5 Å². The molecule has 4 heterocycles. The molecular weight excluding hydrogens is 288 g/mol. The summed E-state index contributed by atoms with van der Waals surface area (Å²) in [5.41, 5.74) is 2.50. The van der Waals surface area contributed by atoms with E-state index in [0.717, 1.165) is 17.9 Å². The molecule has 1 aromatic carbocycles. The molecule has 3 aliphatic rings. The summed E-state index contributed by atoms with van der Waals surface area (Å²) in [5.74, 6) is 1.94. The highest BCUT2D eigenvalue weighted by molar-refractivity contribution is 5.86. The van der Waals surface area contributed by atoms with Crippen LogP contribution in [0.3, 0.4) is 0 Å². The fourth-order valence-corrected chi connectivity index (χ4v) is 4.20. The number of carbonyl (C=O) groups excluding carboxylic acids is 1. The van der Waals surface area contributed by atoms with Gasteiger partial charge in [0.05, 0.1) is 0 Å². The number of nitrogens with zero attached hydrogens (tertiary/aromatic N) is 1. The van der Waals surface area contributed by atoms with Gasteiger partial charge in [0.1, 0.15) is 5.75 Å². The van der Waals surface area contributed by atoms with E-state index in [9.17, 15) is 4.79 Å². The number of carbonyl (C=O) groups is 1. The quantitative estimate of drug-likeness (QED) is 0.692. The summed E-state index contributed by atoms with van der Waals surface area (Å²) in [6.45, 7) is 5.70. The van der Waals surface area contributed by atoms with E-state index in [1.54, 1.807) is 0 Å². The summed E-state index contributed by atoms with van der Waals surface area (Å²) < 4.78 is 5.40. The second-order valence-electron chi connectivity index (χ2n) is 6.92. The molecule has 2 bridgehead atoms. The highest BCUT2D eigenvalue weighted by Crippen LogP contribution is 2.41. The van der Waals surface area contributed by atoms with E-state index in [0.29, 0.717) is 18.1 Å². The van der Waals surface area contributed by atoms with Crippen LogP contribution in [0.1, 0.15) is 44.1 Å². The van der Waals surface area contributed by atoms with Crippen molar-refractivity contribution in [1.82, 2.24) is 9.88 Å². The van der Waals surface area contributed by atoms with Crippen molar-refractivity contribution in [1.29, 1.82) is 0 Å². The van der Waals surface area contributed by atoms with Crippen LogP contribution in [-0.2, 0) is 4.79 Å². The van der Waals surface area contributed by atoms with Crippen LogP contribution in [0.15, 0.2) is 24.4 Å². The Balaban J connectivity index is 1.59. The van der Waals surface area contributed by atoms with Gasteiger partial charge in [-0.3, -0.25) is 4.79 Å². The fourth-order valence-electron chi connectivity index (χ4n) is 4.20. The third-order valence-electron chi connectivity index (χ3n) is 5.43. The molecule has 5 rings (SSSR count). The minimum atomic E-state index is -0.156. The predicted octanol–water partition coefficient (Wildman–Crippen LogP) is 3.68. The Morgan fingerprint density at radius 2 is 2.17 bits per heavy atom. The molecule has 0 amide bonds. The van der Waals surface area contributed by atoms with Gasteiger partial charge < -0.3 is 14.6 Å². The Hall–Kier alpha value is -1.81. The Bertz CT molecular complexity index is 713. The van der Waals surface area contributed by atoms with Crippen LogP contribution in [0.2, 0.25) is 0 Å². The molecule has 23 heavy (non-hydrogen) atoms. The van der Waals surface area contributed by atoms with Gasteiger partial charge in [0.15, 0.2) is 0 Å². The molecule has 3 aliphatic heterocycles. The van der Waals surface area contributed by atoms with Gasteiger partial charge in [0, 0.05) is 42.0 Å². The second kappa shape index (κ2) is 6.00. The molecular formula is C19H24N2O2. The van der Waals surface area contributed by atoms with Gasteiger partial charge in [-0.15, -0.1) is 0 Å².